The molecule has 0 bridgehead atoms. The number of benzene rings is 2. The summed E-state index contributed by atoms with van der Waals surface area (Å²) in [5, 5.41) is 4.03. The number of nitrogens with zero attached hydrogens (tertiary/aromatic N) is 1. The van der Waals surface area contributed by atoms with Crippen molar-refractivity contribution in [1.29, 1.82) is 0 Å². The van der Waals surface area contributed by atoms with Gasteiger partial charge in [0.25, 0.3) is 5.91 Å². The van der Waals surface area contributed by atoms with E-state index in [2.05, 4.69) is 54.2 Å². The third-order valence-corrected chi connectivity index (χ3v) is 5.45. The summed E-state index contributed by atoms with van der Waals surface area (Å²) in [6.45, 7) is 9.02. The average molecular weight is 519 g/mol. The van der Waals surface area contributed by atoms with Crippen LogP contribution in [0.5, 0.6) is 17.2 Å². The number of rotatable bonds is 12. The van der Waals surface area contributed by atoms with Crippen molar-refractivity contribution in [1.82, 2.24) is 5.43 Å². The maximum Gasteiger partial charge on any atom is 0.277 e. The minimum atomic E-state index is -0.340. The number of nitrogens with one attached hydrogen (secondary N) is 1. The second kappa shape index (κ2) is 13.2. The van der Waals surface area contributed by atoms with Crippen LogP contribution in [0.15, 0.2) is 46.0 Å². The molecule has 6 nitrogen and oxygen atoms in total. The van der Waals surface area contributed by atoms with Crippen LogP contribution in [0.25, 0.3) is 0 Å². The number of hydrogen-bond acceptors (Lipinski definition) is 5. The Morgan fingerprint density at radius 3 is 2.48 bits per heavy atom. The Morgan fingerprint density at radius 1 is 1.03 bits per heavy atom. The van der Waals surface area contributed by atoms with Crippen molar-refractivity contribution in [3.8, 4) is 17.2 Å². The molecule has 0 heterocycles. The highest BCUT2D eigenvalue weighted by atomic mass is 79.9. The van der Waals surface area contributed by atoms with Gasteiger partial charge in [-0.05, 0) is 53.8 Å². The summed E-state index contributed by atoms with van der Waals surface area (Å²) >= 11 is 3.49. The maximum absolute atomic E-state index is 12.2. The molecule has 0 aliphatic rings. The molecule has 0 aromatic heterocycles. The first-order valence-corrected chi connectivity index (χ1v) is 12.1. The summed E-state index contributed by atoms with van der Waals surface area (Å²) in [5.41, 5.74) is 4.20. The van der Waals surface area contributed by atoms with Gasteiger partial charge in [0.15, 0.2) is 18.1 Å². The fraction of sp³-hybridized carbons (Fsp3) is 0.462. The molecule has 2 rings (SSSR count). The van der Waals surface area contributed by atoms with E-state index in [9.17, 15) is 4.79 Å². The van der Waals surface area contributed by atoms with Gasteiger partial charge in [0.1, 0.15) is 5.75 Å². The van der Waals surface area contributed by atoms with E-state index in [0.717, 1.165) is 28.4 Å². The molecular weight excluding hydrogens is 484 g/mol. The fourth-order valence-corrected chi connectivity index (χ4v) is 3.52. The lowest BCUT2D eigenvalue weighted by Gasteiger charge is -2.23. The van der Waals surface area contributed by atoms with E-state index < -0.39 is 0 Å². The van der Waals surface area contributed by atoms with Crippen molar-refractivity contribution >= 4 is 28.1 Å². The van der Waals surface area contributed by atoms with Gasteiger partial charge in [-0.25, -0.2) is 5.43 Å². The molecule has 2 aromatic rings. The molecule has 0 aliphatic heterocycles. The zero-order valence-electron chi connectivity index (χ0n) is 20.2. The van der Waals surface area contributed by atoms with Crippen LogP contribution in [-0.4, -0.2) is 32.4 Å². The van der Waals surface area contributed by atoms with Crippen molar-refractivity contribution in [2.45, 2.75) is 58.8 Å². The predicted molar refractivity (Wildman–Crippen MR) is 137 cm³/mol. The lowest BCUT2D eigenvalue weighted by atomic mass is 9.86. The average Bonchev–Trinajstić information content (AvgIpc) is 2.78. The van der Waals surface area contributed by atoms with Crippen LogP contribution in [0.3, 0.4) is 0 Å². The summed E-state index contributed by atoms with van der Waals surface area (Å²) in [6.07, 6.45) is 6.15. The molecule has 0 radical (unpaired) electrons. The number of halogens is 1. The van der Waals surface area contributed by atoms with E-state index in [0.29, 0.717) is 23.9 Å². The molecule has 1 amide bonds. The Morgan fingerprint density at radius 2 is 1.79 bits per heavy atom. The first kappa shape index (κ1) is 26.7. The molecular formula is C26H35BrN2O4. The van der Waals surface area contributed by atoms with E-state index in [4.69, 9.17) is 14.2 Å². The first-order valence-electron chi connectivity index (χ1n) is 11.3. The SMILES string of the molecule is CCCCCCOc1ccc(/C=N/NC(=O)COc2ccc(Br)cc2C(C)(C)C)cc1OC. The van der Waals surface area contributed by atoms with Crippen molar-refractivity contribution < 1.29 is 19.0 Å². The van der Waals surface area contributed by atoms with E-state index in [1.165, 1.54) is 12.8 Å². The summed E-state index contributed by atoms with van der Waals surface area (Å²) in [4.78, 5) is 12.2. The fourth-order valence-electron chi connectivity index (χ4n) is 3.16. The quantitative estimate of drug-likeness (QED) is 0.205. The number of carbonyl (C=O) groups is 1. The van der Waals surface area contributed by atoms with Gasteiger partial charge in [0, 0.05) is 10.0 Å². The minimum Gasteiger partial charge on any atom is -0.493 e. The zero-order valence-corrected chi connectivity index (χ0v) is 21.8. The first-order chi connectivity index (χ1) is 15.7. The Balaban J connectivity index is 1.89. The molecule has 0 atom stereocenters. The number of methoxy groups -OCH3 is 1. The van der Waals surface area contributed by atoms with Crippen LogP contribution in [-0.2, 0) is 10.2 Å². The topological polar surface area (TPSA) is 69.2 Å². The summed E-state index contributed by atoms with van der Waals surface area (Å²) in [6, 6.07) is 11.3. The summed E-state index contributed by atoms with van der Waals surface area (Å²) in [5.74, 6) is 1.68. The molecule has 0 unspecified atom stereocenters. The Kier molecular flexibility index (Phi) is 10.7. The van der Waals surface area contributed by atoms with Gasteiger partial charge in [-0.15, -0.1) is 0 Å². The standard InChI is InChI=1S/C26H35BrN2O4/c1-6-7-8-9-14-32-23-12-10-19(15-24(23)31-5)17-28-29-25(30)18-33-22-13-11-20(27)16-21(22)26(2,3)4/h10-13,15-17H,6-9,14,18H2,1-5H3,(H,29,30)/b28-17+. The molecule has 1 N–H and O–H groups in total. The van der Waals surface area contributed by atoms with Gasteiger partial charge in [0.05, 0.1) is 19.9 Å². The lowest BCUT2D eigenvalue weighted by molar-refractivity contribution is -0.123. The normalized spacial score (nSPS) is 11.5. The minimum absolute atomic E-state index is 0.113. The van der Waals surface area contributed by atoms with Gasteiger partial charge >= 0.3 is 0 Å². The van der Waals surface area contributed by atoms with Gasteiger partial charge < -0.3 is 14.2 Å². The Labute approximate surface area is 205 Å². The van der Waals surface area contributed by atoms with Crippen LogP contribution in [0.4, 0.5) is 0 Å². The second-order valence-corrected chi connectivity index (χ2v) is 9.71. The van der Waals surface area contributed by atoms with Gasteiger partial charge in [-0.2, -0.15) is 5.10 Å². The molecule has 180 valence electrons. The van der Waals surface area contributed by atoms with Gasteiger partial charge in [-0.3, -0.25) is 4.79 Å². The van der Waals surface area contributed by atoms with E-state index in [1.807, 2.05) is 36.4 Å². The molecule has 0 spiro atoms. The van der Waals surface area contributed by atoms with Crippen molar-refractivity contribution in [3.05, 3.63) is 52.0 Å². The lowest BCUT2D eigenvalue weighted by Crippen LogP contribution is -2.25. The summed E-state index contributed by atoms with van der Waals surface area (Å²) < 4.78 is 18.0. The van der Waals surface area contributed by atoms with E-state index in [-0.39, 0.29) is 17.9 Å². The zero-order chi connectivity index (χ0) is 24.3. The number of ether oxygens (including phenoxy) is 3. The number of amides is 1. The third kappa shape index (κ3) is 9.08. The van der Waals surface area contributed by atoms with Crippen molar-refractivity contribution in [2.75, 3.05) is 20.3 Å². The molecule has 7 heteroatoms. The van der Waals surface area contributed by atoms with Crippen LogP contribution < -0.4 is 19.6 Å². The Hall–Kier alpha value is -2.54. The molecule has 33 heavy (non-hydrogen) atoms. The Bertz CT molecular complexity index is 938. The molecule has 0 fully saturated rings. The highest BCUT2D eigenvalue weighted by Crippen LogP contribution is 2.33. The number of carbonyl (C=O) groups excluding carboxylic acids is 1. The van der Waals surface area contributed by atoms with E-state index >= 15 is 0 Å². The van der Waals surface area contributed by atoms with Gasteiger partial charge in [-0.1, -0.05) is 62.9 Å². The number of hydrogen-bond donors (Lipinski definition) is 1. The van der Waals surface area contributed by atoms with Crippen molar-refractivity contribution in [3.63, 3.8) is 0 Å². The number of unbranched alkanes of at least 4 members (excludes halogenated alkanes) is 3. The van der Waals surface area contributed by atoms with Crippen LogP contribution in [0.2, 0.25) is 0 Å². The third-order valence-electron chi connectivity index (χ3n) is 4.95. The molecule has 0 saturated heterocycles. The molecule has 0 saturated carbocycles. The maximum atomic E-state index is 12.2. The molecule has 0 aliphatic carbocycles. The predicted octanol–water partition coefficient (Wildman–Crippen LogP) is 6.24. The van der Waals surface area contributed by atoms with Gasteiger partial charge in [0.2, 0.25) is 0 Å². The van der Waals surface area contributed by atoms with Crippen molar-refractivity contribution in [2.24, 2.45) is 5.10 Å². The highest BCUT2D eigenvalue weighted by molar-refractivity contribution is 9.10. The van der Waals surface area contributed by atoms with Crippen LogP contribution in [0, 0.1) is 0 Å². The van der Waals surface area contributed by atoms with E-state index in [1.54, 1.807) is 13.3 Å². The van der Waals surface area contributed by atoms with Crippen LogP contribution >= 0.6 is 15.9 Å². The monoisotopic (exact) mass is 518 g/mol. The molecule has 2 aromatic carbocycles. The summed E-state index contributed by atoms with van der Waals surface area (Å²) in [7, 11) is 1.60. The smallest absolute Gasteiger partial charge is 0.277 e. The van der Waals surface area contributed by atoms with Crippen LogP contribution in [0.1, 0.15) is 64.5 Å². The highest BCUT2D eigenvalue weighted by Gasteiger charge is 2.20. The second-order valence-electron chi connectivity index (χ2n) is 8.79. The number of hydrazone groups is 1. The largest absolute Gasteiger partial charge is 0.493 e.